The van der Waals surface area contributed by atoms with Crippen LogP contribution in [0.5, 0.6) is 0 Å². The predicted octanol–water partition coefficient (Wildman–Crippen LogP) is 0.404. The summed E-state index contributed by atoms with van der Waals surface area (Å²) in [6.07, 6.45) is 1.98. The third-order valence-corrected chi connectivity index (χ3v) is 2.23. The van der Waals surface area contributed by atoms with E-state index in [0.29, 0.717) is 6.42 Å². The van der Waals surface area contributed by atoms with Crippen LogP contribution in [0.2, 0.25) is 0 Å². The summed E-state index contributed by atoms with van der Waals surface area (Å²) in [6.45, 7) is 0. The minimum absolute atomic E-state index is 0.311. The predicted molar refractivity (Wildman–Crippen MR) is 56.7 cm³/mol. The van der Waals surface area contributed by atoms with Crippen molar-refractivity contribution in [3.63, 3.8) is 0 Å². The van der Waals surface area contributed by atoms with E-state index in [1.54, 1.807) is 11.3 Å². The molecule has 0 radical (unpaired) electrons. The molecule has 0 aromatic heterocycles. The average Bonchev–Trinajstić information content (AvgIpc) is 3.02. The van der Waals surface area contributed by atoms with E-state index in [1.165, 1.54) is 0 Å². The zero-order valence-corrected chi connectivity index (χ0v) is 8.00. The van der Waals surface area contributed by atoms with Gasteiger partial charge >= 0.3 is 5.97 Å². The van der Waals surface area contributed by atoms with Gasteiger partial charge in [-0.05, 0) is 11.6 Å². The van der Waals surface area contributed by atoms with E-state index in [9.17, 15) is 4.79 Å². The SMILES string of the molecule is NC(Cc1ccccc1N1C=N1)C(=O)O. The Morgan fingerprint density at radius 2 is 2.20 bits per heavy atom. The Morgan fingerprint density at radius 1 is 1.53 bits per heavy atom. The van der Waals surface area contributed by atoms with Gasteiger partial charge in [0, 0.05) is 6.42 Å². The molecule has 2 rings (SSSR count). The zero-order valence-electron chi connectivity index (χ0n) is 8.00. The van der Waals surface area contributed by atoms with Crippen LogP contribution in [-0.2, 0) is 11.2 Å². The van der Waals surface area contributed by atoms with Gasteiger partial charge in [-0.3, -0.25) is 4.79 Å². The van der Waals surface area contributed by atoms with Gasteiger partial charge in [-0.1, -0.05) is 18.2 Å². The molecule has 3 N–H and O–H groups in total. The molecule has 5 nitrogen and oxygen atoms in total. The van der Waals surface area contributed by atoms with E-state index in [4.69, 9.17) is 10.8 Å². The molecule has 5 heteroatoms. The van der Waals surface area contributed by atoms with E-state index in [-0.39, 0.29) is 0 Å². The van der Waals surface area contributed by atoms with Crippen molar-refractivity contribution in [2.24, 2.45) is 10.8 Å². The fourth-order valence-electron chi connectivity index (χ4n) is 1.38. The maximum Gasteiger partial charge on any atom is 0.320 e. The fourth-order valence-corrected chi connectivity index (χ4v) is 1.38. The minimum atomic E-state index is -0.989. The van der Waals surface area contributed by atoms with Crippen molar-refractivity contribution in [2.75, 3.05) is 5.01 Å². The lowest BCUT2D eigenvalue weighted by Crippen LogP contribution is -2.32. The van der Waals surface area contributed by atoms with E-state index in [1.807, 2.05) is 24.3 Å². The summed E-state index contributed by atoms with van der Waals surface area (Å²) >= 11 is 0. The highest BCUT2D eigenvalue weighted by Crippen LogP contribution is 2.24. The Labute approximate surface area is 86.8 Å². The lowest BCUT2D eigenvalue weighted by atomic mass is 10.0. The number of hydrogen-bond acceptors (Lipinski definition) is 4. The number of carboxylic acid groups (broad SMARTS) is 1. The van der Waals surface area contributed by atoms with E-state index < -0.39 is 12.0 Å². The lowest BCUT2D eigenvalue weighted by Gasteiger charge is -2.11. The highest BCUT2D eigenvalue weighted by Gasteiger charge is 2.19. The van der Waals surface area contributed by atoms with Crippen LogP contribution in [0.1, 0.15) is 5.56 Å². The summed E-state index contributed by atoms with van der Waals surface area (Å²) in [4.78, 5) is 10.6. The zero-order chi connectivity index (χ0) is 10.8. The highest BCUT2D eigenvalue weighted by molar-refractivity contribution is 5.91. The first-order chi connectivity index (χ1) is 7.18. The van der Waals surface area contributed by atoms with Crippen molar-refractivity contribution >= 4 is 18.0 Å². The van der Waals surface area contributed by atoms with Gasteiger partial charge in [0.25, 0.3) is 0 Å². The molecule has 0 saturated carbocycles. The molecule has 1 unspecified atom stereocenters. The molecule has 1 atom stereocenters. The van der Waals surface area contributed by atoms with Gasteiger partial charge in [-0.25, -0.2) is 5.01 Å². The normalized spacial score (nSPS) is 15.1. The van der Waals surface area contributed by atoms with Gasteiger partial charge in [0.1, 0.15) is 12.4 Å². The molecule has 0 amide bonds. The first kappa shape index (κ1) is 9.67. The molecular formula is C10H11N3O2. The molecule has 1 aliphatic rings. The summed E-state index contributed by atoms with van der Waals surface area (Å²) in [5.41, 5.74) is 7.27. The monoisotopic (exact) mass is 205 g/mol. The molecule has 15 heavy (non-hydrogen) atoms. The molecule has 0 spiro atoms. The minimum Gasteiger partial charge on any atom is -0.480 e. The topological polar surface area (TPSA) is 78.7 Å². The molecule has 1 aromatic carbocycles. The Morgan fingerprint density at radius 3 is 2.80 bits per heavy atom. The second-order valence-corrected chi connectivity index (χ2v) is 3.35. The number of hydrogen-bond donors (Lipinski definition) is 2. The van der Waals surface area contributed by atoms with Crippen LogP contribution in [0, 0.1) is 0 Å². The first-order valence-corrected chi connectivity index (χ1v) is 4.58. The number of rotatable bonds is 4. The van der Waals surface area contributed by atoms with Crippen LogP contribution in [-0.4, -0.2) is 23.5 Å². The molecule has 0 fully saturated rings. The number of aliphatic carboxylic acids is 1. The largest absolute Gasteiger partial charge is 0.480 e. The standard InChI is InChI=1S/C10H11N3O2/c11-8(10(14)15)5-7-3-1-2-4-9(7)13-6-12-13/h1-4,6,8H,5,11H2,(H,14,15). The molecule has 0 saturated heterocycles. The maximum absolute atomic E-state index is 10.6. The Balaban J connectivity index is 2.16. The molecule has 78 valence electrons. The number of benzene rings is 1. The van der Waals surface area contributed by atoms with E-state index in [0.717, 1.165) is 11.3 Å². The number of nitrogens with zero attached hydrogens (tertiary/aromatic N) is 2. The van der Waals surface area contributed by atoms with Gasteiger partial charge < -0.3 is 10.8 Å². The van der Waals surface area contributed by atoms with Gasteiger partial charge in [0.2, 0.25) is 0 Å². The van der Waals surface area contributed by atoms with E-state index in [2.05, 4.69) is 5.10 Å². The average molecular weight is 205 g/mol. The third kappa shape index (κ3) is 2.13. The summed E-state index contributed by atoms with van der Waals surface area (Å²) in [7, 11) is 0. The molecule has 1 heterocycles. The second-order valence-electron chi connectivity index (χ2n) is 3.35. The van der Waals surface area contributed by atoms with Crippen molar-refractivity contribution in [1.29, 1.82) is 0 Å². The molecular weight excluding hydrogens is 194 g/mol. The van der Waals surface area contributed by atoms with Crippen molar-refractivity contribution in [2.45, 2.75) is 12.5 Å². The van der Waals surface area contributed by atoms with Gasteiger partial charge in [-0.15, -0.1) is 0 Å². The summed E-state index contributed by atoms with van der Waals surface area (Å²) in [5.74, 6) is -0.989. The number of nitrogens with two attached hydrogens (primary N) is 1. The van der Waals surface area contributed by atoms with E-state index >= 15 is 0 Å². The van der Waals surface area contributed by atoms with Crippen LogP contribution in [0.25, 0.3) is 0 Å². The van der Waals surface area contributed by atoms with Gasteiger partial charge in [-0.2, -0.15) is 5.10 Å². The van der Waals surface area contributed by atoms with Crippen LogP contribution in [0.3, 0.4) is 0 Å². The maximum atomic E-state index is 10.6. The van der Waals surface area contributed by atoms with Crippen LogP contribution in [0.4, 0.5) is 5.69 Å². The third-order valence-electron chi connectivity index (χ3n) is 2.23. The second kappa shape index (κ2) is 3.70. The molecule has 0 aliphatic carbocycles. The number of hydrazone groups is 1. The number of para-hydroxylation sites is 1. The summed E-state index contributed by atoms with van der Waals surface area (Å²) < 4.78 is 0. The molecule has 1 aromatic rings. The summed E-state index contributed by atoms with van der Waals surface area (Å²) in [6, 6.07) is 6.62. The Kier molecular flexibility index (Phi) is 2.39. The number of anilines is 1. The highest BCUT2D eigenvalue weighted by atomic mass is 16.4. The fraction of sp³-hybridized carbons (Fsp3) is 0.200. The molecule has 1 aliphatic heterocycles. The summed E-state index contributed by atoms with van der Waals surface area (Å²) in [5, 5.41) is 14.3. The van der Waals surface area contributed by atoms with Crippen molar-refractivity contribution in [3.8, 4) is 0 Å². The van der Waals surface area contributed by atoms with Gasteiger partial charge in [0.15, 0.2) is 0 Å². The van der Waals surface area contributed by atoms with Crippen molar-refractivity contribution < 1.29 is 9.90 Å². The van der Waals surface area contributed by atoms with Crippen LogP contribution in [0.15, 0.2) is 29.4 Å². The smallest absolute Gasteiger partial charge is 0.320 e. The number of carboxylic acids is 1. The lowest BCUT2D eigenvalue weighted by molar-refractivity contribution is -0.138. The first-order valence-electron chi connectivity index (χ1n) is 4.58. The van der Waals surface area contributed by atoms with Crippen molar-refractivity contribution in [3.05, 3.63) is 29.8 Å². The Hall–Kier alpha value is -1.88. The van der Waals surface area contributed by atoms with Gasteiger partial charge in [0.05, 0.1) is 5.69 Å². The number of carbonyl (C=O) groups is 1. The van der Waals surface area contributed by atoms with Crippen LogP contribution < -0.4 is 10.7 Å². The van der Waals surface area contributed by atoms with Crippen LogP contribution >= 0.6 is 0 Å². The molecule has 0 bridgehead atoms. The Bertz CT molecular complexity index is 411. The van der Waals surface area contributed by atoms with Crippen molar-refractivity contribution in [1.82, 2.24) is 0 Å². The quantitative estimate of drug-likeness (QED) is 0.746.